The summed E-state index contributed by atoms with van der Waals surface area (Å²) in [4.78, 5) is 40.6. The van der Waals surface area contributed by atoms with Crippen LogP contribution in [0.2, 0.25) is 6.04 Å². The number of pyridine rings is 1. The molecule has 0 aliphatic carbocycles. The number of aromatic hydroxyl groups is 1. The number of hydrogen-bond donors (Lipinski definition) is 4. The van der Waals surface area contributed by atoms with Crippen LogP contribution in [0, 0.1) is 0 Å². The van der Waals surface area contributed by atoms with Gasteiger partial charge in [-0.25, -0.2) is 0 Å². The van der Waals surface area contributed by atoms with Crippen molar-refractivity contribution in [1.29, 1.82) is 0 Å². The molecule has 8 nitrogen and oxygen atoms in total. The van der Waals surface area contributed by atoms with Gasteiger partial charge in [-0.15, -0.1) is 6.54 Å². The fourth-order valence-corrected chi connectivity index (χ4v) is 2.63. The molecule has 0 fully saturated rings. The Labute approximate surface area is 168 Å². The van der Waals surface area contributed by atoms with E-state index in [9.17, 15) is 9.90 Å². The van der Waals surface area contributed by atoms with Crippen molar-refractivity contribution in [2.24, 2.45) is 0 Å². The number of nitrogens with zero attached hydrogens (tertiary/aromatic N) is 2. The Bertz CT molecular complexity index is 746. The number of carbonyl (C=O) groups is 1. The molecule has 0 saturated heterocycles. The van der Waals surface area contributed by atoms with Crippen LogP contribution in [0.1, 0.15) is 20.3 Å². The zero-order valence-electron chi connectivity index (χ0n) is 15.1. The Balaban J connectivity index is 0.000000465. The Morgan fingerprint density at radius 2 is 1.81 bits per heavy atom. The summed E-state index contributed by atoms with van der Waals surface area (Å²) < 4.78 is 8.19. The quantitative estimate of drug-likeness (QED) is 0.312. The number of carbonyl (C=O) groups excluding carboxylic acids is 1. The molecule has 0 atom stereocenters. The van der Waals surface area contributed by atoms with Gasteiger partial charge in [0.15, 0.2) is 5.78 Å². The van der Waals surface area contributed by atoms with E-state index in [1.54, 1.807) is 25.3 Å². The van der Waals surface area contributed by atoms with Crippen molar-refractivity contribution in [1.82, 2.24) is 4.98 Å². The van der Waals surface area contributed by atoms with Gasteiger partial charge in [0.25, 0.3) is 0 Å². The molecule has 2 rings (SSSR count). The molecular formula is C17H23N2O6SiV-. The molecular weight excluding hydrogens is 407 g/mol. The van der Waals surface area contributed by atoms with Crippen LogP contribution < -0.4 is 0 Å². The average molecular weight is 430 g/mol. The fraction of sp³-hybridized carbons (Fsp3) is 0.294. The first kappa shape index (κ1) is 25.1. The van der Waals surface area contributed by atoms with Crippen molar-refractivity contribution < 1.29 is 45.3 Å². The first-order chi connectivity index (χ1) is 12.7. The number of fused-ring (bicyclic) bond motifs is 1. The number of phenols is 1. The van der Waals surface area contributed by atoms with Gasteiger partial charge >= 0.3 is 29.8 Å². The van der Waals surface area contributed by atoms with Gasteiger partial charge in [-0.2, -0.15) is 5.70 Å². The van der Waals surface area contributed by atoms with Gasteiger partial charge < -0.3 is 24.8 Å². The molecule has 4 N–H and O–H groups in total. The van der Waals surface area contributed by atoms with E-state index in [1.165, 1.54) is 13.0 Å². The first-order valence-corrected chi connectivity index (χ1v) is 10.6. The molecule has 0 amide bonds. The second kappa shape index (κ2) is 13.3. The van der Waals surface area contributed by atoms with Gasteiger partial charge in [-0.05, 0) is 25.1 Å². The van der Waals surface area contributed by atoms with E-state index in [-0.39, 0.29) is 17.6 Å². The third kappa shape index (κ3) is 12.2. The summed E-state index contributed by atoms with van der Waals surface area (Å²) in [5.74, 6) is 0.171. The standard InChI is InChI=1S/C9H7NO.C8H17NO4Si.O.V/c11-8-5-1-3-7-4-2-6-10-9(7)8;1-7(6-8(2)10)9-4-3-5-14(11,12)13;;/h1-6,11H;6,11-13H,3-5H2,1-2H3,(H,9,10);;/p-1. The summed E-state index contributed by atoms with van der Waals surface area (Å²) in [6, 6.07) is 9.10. The van der Waals surface area contributed by atoms with E-state index >= 15 is 0 Å². The van der Waals surface area contributed by atoms with Gasteiger partial charge in [-0.3, -0.25) is 9.78 Å². The summed E-state index contributed by atoms with van der Waals surface area (Å²) in [6.07, 6.45) is 3.47. The minimum atomic E-state index is -3.91. The number of aromatic nitrogens is 1. The second-order valence-corrected chi connectivity index (χ2v) is 7.56. The van der Waals surface area contributed by atoms with Crippen molar-refractivity contribution in [3.05, 3.63) is 53.6 Å². The summed E-state index contributed by atoms with van der Waals surface area (Å²) in [7, 11) is -3.91. The van der Waals surface area contributed by atoms with Gasteiger partial charge in [0.05, 0.1) is 0 Å². The van der Waals surface area contributed by atoms with Crippen LogP contribution in [0.3, 0.4) is 0 Å². The van der Waals surface area contributed by atoms with Gasteiger partial charge in [0.2, 0.25) is 0 Å². The molecule has 147 valence electrons. The summed E-state index contributed by atoms with van der Waals surface area (Å²) in [5.41, 5.74) is 1.27. The van der Waals surface area contributed by atoms with E-state index in [0.717, 1.165) is 22.8 Å². The van der Waals surface area contributed by atoms with Gasteiger partial charge in [0, 0.05) is 17.6 Å². The van der Waals surface area contributed by atoms with Gasteiger partial charge in [-0.1, -0.05) is 31.5 Å². The molecule has 0 bridgehead atoms. The maximum absolute atomic E-state index is 10.6. The van der Waals surface area contributed by atoms with Crippen LogP contribution in [-0.4, -0.2) is 45.6 Å². The molecule has 0 unspecified atom stereocenters. The molecule has 1 heterocycles. The Kier molecular flexibility index (Phi) is 12.4. The third-order valence-electron chi connectivity index (χ3n) is 3.06. The molecule has 0 aliphatic heterocycles. The molecule has 1 aromatic carbocycles. The number of allylic oxidation sites excluding steroid dienone is 2. The molecule has 0 spiro atoms. The zero-order valence-corrected chi connectivity index (χ0v) is 17.5. The van der Waals surface area contributed by atoms with Crippen molar-refractivity contribution in [3.8, 4) is 5.75 Å². The maximum atomic E-state index is 10.6. The molecule has 0 aliphatic rings. The van der Waals surface area contributed by atoms with Crippen molar-refractivity contribution >= 4 is 25.5 Å². The zero-order chi connectivity index (χ0) is 20.9. The van der Waals surface area contributed by atoms with Crippen LogP contribution >= 0.6 is 0 Å². The number of ketones is 1. The predicted octanol–water partition coefficient (Wildman–Crippen LogP) is 1.98. The molecule has 0 radical (unpaired) electrons. The molecule has 2 aromatic rings. The van der Waals surface area contributed by atoms with Crippen molar-refractivity contribution in [3.63, 3.8) is 0 Å². The van der Waals surface area contributed by atoms with Crippen LogP contribution in [0.25, 0.3) is 16.2 Å². The number of phenolic OH excluding ortho intramolecular Hbond substituents is 1. The van der Waals surface area contributed by atoms with Crippen LogP contribution in [0.15, 0.2) is 48.3 Å². The van der Waals surface area contributed by atoms with Crippen LogP contribution in [-0.2, 0) is 25.8 Å². The summed E-state index contributed by atoms with van der Waals surface area (Å²) in [6.45, 7) is 3.51. The first-order valence-electron chi connectivity index (χ1n) is 7.93. The van der Waals surface area contributed by atoms with E-state index in [2.05, 4.69) is 10.3 Å². The van der Waals surface area contributed by atoms with Gasteiger partial charge in [0.1, 0.15) is 11.3 Å². The fourth-order valence-electron chi connectivity index (χ4n) is 2.00. The number of hydrogen-bond acceptors (Lipinski definition) is 7. The number of benzene rings is 1. The Hall–Kier alpha value is -1.88. The van der Waals surface area contributed by atoms with Crippen molar-refractivity contribution in [2.45, 2.75) is 26.3 Å². The van der Waals surface area contributed by atoms with Crippen LogP contribution in [0.5, 0.6) is 5.75 Å². The summed E-state index contributed by atoms with van der Waals surface area (Å²) >= 11 is 1.06. The topological polar surface area (TPSA) is 142 Å². The SMILES string of the molecule is CC(=O)/C=C(/C)[N-]CCC[Si](O)(O)O.Oc1cccc2cccnc12.[O]=[V]. The van der Waals surface area contributed by atoms with Crippen LogP contribution in [0.4, 0.5) is 0 Å². The second-order valence-electron chi connectivity index (χ2n) is 5.51. The van der Waals surface area contributed by atoms with E-state index in [4.69, 9.17) is 18.1 Å². The predicted molar refractivity (Wildman–Crippen MR) is 98.6 cm³/mol. The molecule has 0 saturated carbocycles. The molecule has 10 heteroatoms. The van der Waals surface area contributed by atoms with Crippen molar-refractivity contribution in [2.75, 3.05) is 6.54 Å². The monoisotopic (exact) mass is 430 g/mol. The average Bonchev–Trinajstić information content (AvgIpc) is 2.60. The number of rotatable bonds is 6. The van der Waals surface area contributed by atoms with E-state index in [0.29, 0.717) is 24.2 Å². The molecule has 1 aromatic heterocycles. The third-order valence-corrected chi connectivity index (χ3v) is 4.08. The number of para-hydroxylation sites is 1. The minimum absolute atomic E-state index is 0.0240. The Morgan fingerprint density at radius 3 is 2.37 bits per heavy atom. The molecule has 27 heavy (non-hydrogen) atoms. The Morgan fingerprint density at radius 1 is 1.19 bits per heavy atom. The summed E-state index contributed by atoms with van der Waals surface area (Å²) in [5, 5.41) is 14.3. The van der Waals surface area contributed by atoms with E-state index in [1.807, 2.05) is 18.2 Å². The van der Waals surface area contributed by atoms with E-state index < -0.39 is 8.80 Å². The normalized spacial score (nSPS) is 10.9.